The predicted molar refractivity (Wildman–Crippen MR) is 114 cm³/mol. The van der Waals surface area contributed by atoms with E-state index < -0.39 is 0 Å². The van der Waals surface area contributed by atoms with Crippen LogP contribution in [-0.2, 0) is 13.0 Å². The van der Waals surface area contributed by atoms with Crippen LogP contribution in [0.25, 0.3) is 0 Å². The Morgan fingerprint density at radius 2 is 1.72 bits per heavy atom. The minimum Gasteiger partial charge on any atom is -0.493 e. The lowest BCUT2D eigenvalue weighted by Crippen LogP contribution is -2.57. The van der Waals surface area contributed by atoms with E-state index in [1.165, 1.54) is 31.2 Å². The van der Waals surface area contributed by atoms with E-state index >= 15 is 0 Å². The maximum atomic E-state index is 5.57. The molecule has 5 nitrogen and oxygen atoms in total. The number of aromatic nitrogens is 2. The third-order valence-electron chi connectivity index (χ3n) is 6.75. The molecular weight excluding hydrogens is 362 g/mol. The summed E-state index contributed by atoms with van der Waals surface area (Å²) >= 11 is 0. The lowest BCUT2D eigenvalue weighted by atomic mass is 9.53. The number of methoxy groups -OCH3 is 2. The summed E-state index contributed by atoms with van der Waals surface area (Å²) in [6.45, 7) is 2.98. The van der Waals surface area contributed by atoms with Gasteiger partial charge < -0.3 is 14.8 Å². The van der Waals surface area contributed by atoms with Gasteiger partial charge in [-0.1, -0.05) is 25.8 Å². The summed E-state index contributed by atoms with van der Waals surface area (Å²) in [5, 5.41) is 3.85. The Bertz CT molecular complexity index is 808. The number of fused-ring (bicyclic) bond motifs is 1. The predicted octanol–water partition coefficient (Wildman–Crippen LogP) is 4.51. The van der Waals surface area contributed by atoms with Crippen LogP contribution in [0.2, 0.25) is 0 Å². The van der Waals surface area contributed by atoms with Gasteiger partial charge in [-0.2, -0.15) is 0 Å². The van der Waals surface area contributed by atoms with Gasteiger partial charge in [-0.3, -0.25) is 0 Å². The second-order valence-corrected chi connectivity index (χ2v) is 8.42. The van der Waals surface area contributed by atoms with Crippen molar-refractivity contribution in [2.75, 3.05) is 14.2 Å². The molecule has 0 amide bonds. The SMILES string of the molecule is CCCc1ncc(CN[C@H]2[C@H]3CCCC[C@@H]3[C@@H]2c2ccc(OC)c(OC)c2)cn1. The van der Waals surface area contributed by atoms with Crippen molar-refractivity contribution in [3.05, 3.63) is 47.5 Å². The van der Waals surface area contributed by atoms with E-state index in [0.717, 1.165) is 54.1 Å². The van der Waals surface area contributed by atoms with Gasteiger partial charge >= 0.3 is 0 Å². The average Bonchev–Trinajstić information content (AvgIpc) is 2.75. The fourth-order valence-electron chi connectivity index (χ4n) is 5.32. The summed E-state index contributed by atoms with van der Waals surface area (Å²) in [5.41, 5.74) is 2.52. The molecule has 2 aromatic rings. The molecule has 0 spiro atoms. The molecule has 2 fully saturated rings. The van der Waals surface area contributed by atoms with Crippen LogP contribution in [0, 0.1) is 11.8 Å². The molecule has 0 aliphatic heterocycles. The second kappa shape index (κ2) is 9.12. The van der Waals surface area contributed by atoms with Crippen LogP contribution in [0.3, 0.4) is 0 Å². The van der Waals surface area contributed by atoms with Gasteiger partial charge in [-0.25, -0.2) is 9.97 Å². The largest absolute Gasteiger partial charge is 0.493 e. The topological polar surface area (TPSA) is 56.3 Å². The smallest absolute Gasteiger partial charge is 0.160 e. The molecule has 0 bridgehead atoms. The molecule has 1 aromatic heterocycles. The van der Waals surface area contributed by atoms with E-state index in [-0.39, 0.29) is 0 Å². The quantitative estimate of drug-likeness (QED) is 0.713. The van der Waals surface area contributed by atoms with E-state index in [2.05, 4.69) is 34.3 Å². The number of ether oxygens (including phenoxy) is 2. The van der Waals surface area contributed by atoms with Gasteiger partial charge in [-0.05, 0) is 48.8 Å². The minimum atomic E-state index is 0.494. The summed E-state index contributed by atoms with van der Waals surface area (Å²) < 4.78 is 11.0. The molecule has 1 N–H and O–H groups in total. The molecule has 2 saturated carbocycles. The molecule has 0 saturated heterocycles. The standard InChI is InChI=1S/C24H33N3O2/c1-4-7-22-25-13-16(14-26-22)15-27-24-19-9-6-5-8-18(19)23(24)17-10-11-20(28-2)21(12-17)29-3/h10-14,18-19,23-24,27H,4-9,15H2,1-3H3/t18-,19-,23-,24-/m0/s1. The molecule has 2 aliphatic rings. The normalized spacial score (nSPS) is 25.8. The highest BCUT2D eigenvalue weighted by molar-refractivity contribution is 5.45. The van der Waals surface area contributed by atoms with Gasteiger partial charge in [0.1, 0.15) is 5.82 Å². The van der Waals surface area contributed by atoms with E-state index in [1.807, 2.05) is 18.5 Å². The number of aryl methyl sites for hydroxylation is 1. The Labute approximate surface area is 174 Å². The summed E-state index contributed by atoms with van der Waals surface area (Å²) in [5.74, 6) is 4.62. The van der Waals surface area contributed by atoms with Crippen LogP contribution >= 0.6 is 0 Å². The third kappa shape index (κ3) is 4.11. The van der Waals surface area contributed by atoms with Crippen LogP contribution in [0.15, 0.2) is 30.6 Å². The zero-order valence-corrected chi connectivity index (χ0v) is 17.9. The van der Waals surface area contributed by atoms with Crippen molar-refractivity contribution in [3.63, 3.8) is 0 Å². The molecule has 0 unspecified atom stereocenters. The van der Waals surface area contributed by atoms with Gasteiger partial charge in [0, 0.05) is 42.9 Å². The lowest BCUT2D eigenvalue weighted by molar-refractivity contribution is 0.0252. The number of benzene rings is 1. The summed E-state index contributed by atoms with van der Waals surface area (Å²) in [6, 6.07) is 6.93. The highest BCUT2D eigenvalue weighted by atomic mass is 16.5. The highest BCUT2D eigenvalue weighted by Crippen LogP contribution is 2.55. The van der Waals surface area contributed by atoms with E-state index in [0.29, 0.717) is 12.0 Å². The first-order valence-electron chi connectivity index (χ1n) is 11.0. The van der Waals surface area contributed by atoms with Crippen molar-refractivity contribution in [1.29, 1.82) is 0 Å². The summed E-state index contributed by atoms with van der Waals surface area (Å²) in [7, 11) is 3.40. The number of hydrogen-bond donors (Lipinski definition) is 1. The molecule has 156 valence electrons. The number of nitrogens with zero attached hydrogens (tertiary/aromatic N) is 2. The van der Waals surface area contributed by atoms with Gasteiger partial charge in [0.15, 0.2) is 11.5 Å². The Balaban J connectivity index is 1.49. The Morgan fingerprint density at radius 1 is 1.00 bits per heavy atom. The van der Waals surface area contributed by atoms with Crippen molar-refractivity contribution in [1.82, 2.24) is 15.3 Å². The molecule has 1 aromatic carbocycles. The van der Waals surface area contributed by atoms with Crippen molar-refractivity contribution in [2.45, 2.75) is 64.0 Å². The number of rotatable bonds is 8. The maximum absolute atomic E-state index is 5.57. The maximum Gasteiger partial charge on any atom is 0.160 e. The minimum absolute atomic E-state index is 0.494. The monoisotopic (exact) mass is 395 g/mol. The van der Waals surface area contributed by atoms with Gasteiger partial charge in [-0.15, -0.1) is 0 Å². The Hall–Kier alpha value is -2.14. The van der Waals surface area contributed by atoms with Gasteiger partial charge in [0.05, 0.1) is 14.2 Å². The van der Waals surface area contributed by atoms with Crippen LogP contribution in [0.4, 0.5) is 0 Å². The first-order valence-corrected chi connectivity index (χ1v) is 11.0. The summed E-state index contributed by atoms with van der Waals surface area (Å²) in [4.78, 5) is 9.02. The van der Waals surface area contributed by atoms with Crippen molar-refractivity contribution >= 4 is 0 Å². The Kier molecular flexibility index (Phi) is 6.34. The lowest BCUT2D eigenvalue weighted by Gasteiger charge is -2.55. The van der Waals surface area contributed by atoms with Crippen LogP contribution in [-0.4, -0.2) is 30.2 Å². The fraction of sp³-hybridized carbons (Fsp3) is 0.583. The average molecular weight is 396 g/mol. The first kappa shape index (κ1) is 20.1. The van der Waals surface area contributed by atoms with E-state index in [1.54, 1.807) is 14.2 Å². The molecule has 2 aliphatic carbocycles. The zero-order chi connectivity index (χ0) is 20.2. The van der Waals surface area contributed by atoms with Crippen molar-refractivity contribution in [2.24, 2.45) is 11.8 Å². The number of hydrogen-bond acceptors (Lipinski definition) is 5. The summed E-state index contributed by atoms with van der Waals surface area (Å²) in [6.07, 6.45) is 11.4. The third-order valence-corrected chi connectivity index (χ3v) is 6.75. The molecule has 1 heterocycles. The molecular formula is C24H33N3O2. The van der Waals surface area contributed by atoms with Crippen molar-refractivity contribution in [3.8, 4) is 11.5 Å². The molecule has 5 heteroatoms. The zero-order valence-electron chi connectivity index (χ0n) is 17.9. The van der Waals surface area contributed by atoms with Crippen LogP contribution in [0.1, 0.15) is 61.9 Å². The van der Waals surface area contributed by atoms with Crippen molar-refractivity contribution < 1.29 is 9.47 Å². The first-order chi connectivity index (χ1) is 14.2. The van der Waals surface area contributed by atoms with E-state index in [9.17, 15) is 0 Å². The molecule has 29 heavy (non-hydrogen) atoms. The fourth-order valence-corrected chi connectivity index (χ4v) is 5.32. The van der Waals surface area contributed by atoms with E-state index in [4.69, 9.17) is 9.47 Å². The molecule has 0 radical (unpaired) electrons. The Morgan fingerprint density at radius 3 is 2.41 bits per heavy atom. The second-order valence-electron chi connectivity index (χ2n) is 8.42. The van der Waals surface area contributed by atoms with Gasteiger partial charge in [0.2, 0.25) is 0 Å². The van der Waals surface area contributed by atoms with Crippen LogP contribution < -0.4 is 14.8 Å². The van der Waals surface area contributed by atoms with Gasteiger partial charge in [0.25, 0.3) is 0 Å². The molecule has 4 rings (SSSR count). The highest BCUT2D eigenvalue weighted by Gasteiger charge is 2.51. The number of nitrogens with one attached hydrogen (secondary N) is 1. The molecule has 4 atom stereocenters. The van der Waals surface area contributed by atoms with Crippen LogP contribution in [0.5, 0.6) is 11.5 Å².